The molecule has 4 rings (SSSR count). The lowest BCUT2D eigenvalue weighted by molar-refractivity contribution is 0.0706. The fourth-order valence-electron chi connectivity index (χ4n) is 3.69. The highest BCUT2D eigenvalue weighted by atomic mass is 16.2. The Morgan fingerprint density at radius 3 is 2.83 bits per heavy atom. The third kappa shape index (κ3) is 2.82. The maximum Gasteiger partial charge on any atom is 0.253 e. The van der Waals surface area contributed by atoms with Crippen LogP contribution in [-0.4, -0.2) is 28.9 Å². The van der Waals surface area contributed by atoms with Crippen LogP contribution in [0, 0.1) is 6.92 Å². The molecule has 0 spiro atoms. The van der Waals surface area contributed by atoms with E-state index in [9.17, 15) is 4.79 Å². The summed E-state index contributed by atoms with van der Waals surface area (Å²) < 4.78 is 0. The number of aromatic nitrogens is 1. The van der Waals surface area contributed by atoms with Crippen LogP contribution in [0.2, 0.25) is 0 Å². The maximum absolute atomic E-state index is 12.8. The molecule has 3 nitrogen and oxygen atoms in total. The molecule has 0 bridgehead atoms. The Morgan fingerprint density at radius 2 is 2.00 bits per heavy atom. The van der Waals surface area contributed by atoms with Crippen LogP contribution in [0.3, 0.4) is 0 Å². The van der Waals surface area contributed by atoms with Crippen LogP contribution in [0.25, 0.3) is 10.9 Å². The van der Waals surface area contributed by atoms with Gasteiger partial charge in [-0.2, -0.15) is 0 Å². The highest BCUT2D eigenvalue weighted by molar-refractivity contribution is 5.94. The van der Waals surface area contributed by atoms with E-state index in [2.05, 4.69) is 35.3 Å². The van der Waals surface area contributed by atoms with Gasteiger partial charge in [0.25, 0.3) is 5.91 Å². The molecule has 1 aliphatic heterocycles. The number of carbonyl (C=O) groups excluding carboxylic acids is 1. The monoisotopic (exact) mass is 318 g/mol. The molecule has 2 aromatic carbocycles. The predicted molar refractivity (Wildman–Crippen MR) is 97.4 cm³/mol. The van der Waals surface area contributed by atoms with Crippen molar-refractivity contribution in [3.63, 3.8) is 0 Å². The van der Waals surface area contributed by atoms with Gasteiger partial charge in [0, 0.05) is 35.8 Å². The standard InChI is InChI=1S/C21H22N2O/c1-15-6-4-8-17(12-15)21(24)23-11-5-9-18(14-23)20-13-16-7-2-3-10-19(16)22-20/h2-4,6-8,10,12-13,18,22H,5,9,11,14H2,1H3. The summed E-state index contributed by atoms with van der Waals surface area (Å²) in [6.07, 6.45) is 2.18. The van der Waals surface area contributed by atoms with Crippen LogP contribution < -0.4 is 0 Å². The zero-order chi connectivity index (χ0) is 16.5. The number of H-pyrrole nitrogens is 1. The van der Waals surface area contributed by atoms with E-state index in [1.807, 2.05) is 36.1 Å². The van der Waals surface area contributed by atoms with Gasteiger partial charge in [0.05, 0.1) is 0 Å². The van der Waals surface area contributed by atoms with E-state index in [0.29, 0.717) is 5.92 Å². The summed E-state index contributed by atoms with van der Waals surface area (Å²) in [6, 6.07) is 18.5. The van der Waals surface area contributed by atoms with Crippen molar-refractivity contribution in [2.24, 2.45) is 0 Å². The molecule has 122 valence electrons. The van der Waals surface area contributed by atoms with Gasteiger partial charge >= 0.3 is 0 Å². The zero-order valence-electron chi connectivity index (χ0n) is 14.0. The number of fused-ring (bicyclic) bond motifs is 1. The van der Waals surface area contributed by atoms with Gasteiger partial charge in [-0.05, 0) is 49.4 Å². The number of nitrogens with zero attached hydrogens (tertiary/aromatic N) is 1. The number of nitrogens with one attached hydrogen (secondary N) is 1. The van der Waals surface area contributed by atoms with E-state index in [0.717, 1.165) is 37.1 Å². The first-order valence-corrected chi connectivity index (χ1v) is 8.64. The van der Waals surface area contributed by atoms with Crippen LogP contribution in [-0.2, 0) is 0 Å². The number of aromatic amines is 1. The molecule has 1 unspecified atom stereocenters. The molecule has 1 aromatic heterocycles. The predicted octanol–water partition coefficient (Wildman–Crippen LogP) is 4.50. The number of likely N-dealkylation sites (tertiary alicyclic amines) is 1. The third-order valence-electron chi connectivity index (χ3n) is 4.96. The second-order valence-corrected chi connectivity index (χ2v) is 6.77. The number of hydrogen-bond acceptors (Lipinski definition) is 1. The molecule has 24 heavy (non-hydrogen) atoms. The number of rotatable bonds is 2. The minimum atomic E-state index is 0.152. The van der Waals surface area contributed by atoms with Crippen molar-refractivity contribution in [3.8, 4) is 0 Å². The third-order valence-corrected chi connectivity index (χ3v) is 4.96. The maximum atomic E-state index is 12.8. The van der Waals surface area contributed by atoms with Crippen LogP contribution >= 0.6 is 0 Å². The molecule has 2 heterocycles. The smallest absolute Gasteiger partial charge is 0.253 e. The van der Waals surface area contributed by atoms with Gasteiger partial charge in [-0.15, -0.1) is 0 Å². The average Bonchev–Trinajstić information content (AvgIpc) is 3.05. The van der Waals surface area contributed by atoms with Crippen LogP contribution in [0.1, 0.15) is 40.4 Å². The van der Waals surface area contributed by atoms with Gasteiger partial charge in [-0.25, -0.2) is 0 Å². The van der Waals surface area contributed by atoms with Crippen molar-refractivity contribution in [3.05, 3.63) is 71.4 Å². The summed E-state index contributed by atoms with van der Waals surface area (Å²) in [5, 5.41) is 1.25. The van der Waals surface area contributed by atoms with Crippen molar-refractivity contribution in [2.75, 3.05) is 13.1 Å². The Labute approximate surface area is 142 Å². The molecule has 1 saturated heterocycles. The van der Waals surface area contributed by atoms with E-state index in [4.69, 9.17) is 0 Å². The van der Waals surface area contributed by atoms with Crippen LogP contribution in [0.4, 0.5) is 0 Å². The highest BCUT2D eigenvalue weighted by Gasteiger charge is 2.26. The van der Waals surface area contributed by atoms with Crippen molar-refractivity contribution in [1.29, 1.82) is 0 Å². The second-order valence-electron chi connectivity index (χ2n) is 6.77. The Hall–Kier alpha value is -2.55. The van der Waals surface area contributed by atoms with E-state index >= 15 is 0 Å². The minimum absolute atomic E-state index is 0.152. The fourth-order valence-corrected chi connectivity index (χ4v) is 3.69. The Morgan fingerprint density at radius 1 is 1.12 bits per heavy atom. The quantitative estimate of drug-likeness (QED) is 0.742. The topological polar surface area (TPSA) is 36.1 Å². The number of para-hydroxylation sites is 1. The Bertz CT molecular complexity index is 847. The van der Waals surface area contributed by atoms with Crippen molar-refractivity contribution < 1.29 is 4.79 Å². The molecule has 1 atom stereocenters. The first-order chi connectivity index (χ1) is 11.7. The van der Waals surface area contributed by atoms with E-state index in [1.165, 1.54) is 16.6 Å². The van der Waals surface area contributed by atoms with Gasteiger partial charge < -0.3 is 9.88 Å². The number of aryl methyl sites for hydroxylation is 1. The summed E-state index contributed by atoms with van der Waals surface area (Å²) in [7, 11) is 0. The lowest BCUT2D eigenvalue weighted by Crippen LogP contribution is -2.39. The number of piperidine rings is 1. The van der Waals surface area contributed by atoms with Gasteiger partial charge in [-0.3, -0.25) is 4.79 Å². The summed E-state index contributed by atoms with van der Waals surface area (Å²) in [5.41, 5.74) is 4.35. The molecule has 3 heteroatoms. The molecule has 1 N–H and O–H groups in total. The molecule has 3 aromatic rings. The van der Waals surface area contributed by atoms with Gasteiger partial charge in [0.15, 0.2) is 0 Å². The Kier molecular flexibility index (Phi) is 3.85. The summed E-state index contributed by atoms with van der Waals surface area (Å²) in [4.78, 5) is 18.4. The van der Waals surface area contributed by atoms with Crippen LogP contribution in [0.15, 0.2) is 54.6 Å². The van der Waals surface area contributed by atoms with E-state index < -0.39 is 0 Å². The normalized spacial score (nSPS) is 18.0. The Balaban J connectivity index is 1.56. The lowest BCUT2D eigenvalue weighted by atomic mass is 9.94. The van der Waals surface area contributed by atoms with E-state index in [-0.39, 0.29) is 5.91 Å². The number of amides is 1. The molecular weight excluding hydrogens is 296 g/mol. The van der Waals surface area contributed by atoms with Crippen molar-refractivity contribution in [1.82, 2.24) is 9.88 Å². The molecule has 1 amide bonds. The molecule has 1 aliphatic rings. The first-order valence-electron chi connectivity index (χ1n) is 8.64. The van der Waals surface area contributed by atoms with Crippen molar-refractivity contribution >= 4 is 16.8 Å². The number of carbonyl (C=O) groups is 1. The van der Waals surface area contributed by atoms with E-state index in [1.54, 1.807) is 0 Å². The number of hydrogen-bond donors (Lipinski definition) is 1. The minimum Gasteiger partial charge on any atom is -0.358 e. The summed E-state index contributed by atoms with van der Waals surface area (Å²) >= 11 is 0. The van der Waals surface area contributed by atoms with Gasteiger partial charge in [0.2, 0.25) is 0 Å². The zero-order valence-corrected chi connectivity index (χ0v) is 14.0. The second kappa shape index (κ2) is 6.16. The van der Waals surface area contributed by atoms with Crippen LogP contribution in [0.5, 0.6) is 0 Å². The SMILES string of the molecule is Cc1cccc(C(=O)N2CCCC(c3cc4ccccc4[nH]3)C2)c1. The lowest BCUT2D eigenvalue weighted by Gasteiger charge is -2.32. The van der Waals surface area contributed by atoms with Gasteiger partial charge in [-0.1, -0.05) is 35.9 Å². The molecule has 1 fully saturated rings. The largest absolute Gasteiger partial charge is 0.358 e. The highest BCUT2D eigenvalue weighted by Crippen LogP contribution is 2.29. The van der Waals surface area contributed by atoms with Gasteiger partial charge in [0.1, 0.15) is 0 Å². The molecule has 0 aliphatic carbocycles. The average molecular weight is 318 g/mol. The summed E-state index contributed by atoms with van der Waals surface area (Å²) in [5.74, 6) is 0.541. The summed E-state index contributed by atoms with van der Waals surface area (Å²) in [6.45, 7) is 3.67. The molecule has 0 saturated carbocycles. The molecule has 0 radical (unpaired) electrons. The first kappa shape index (κ1) is 15.0. The van der Waals surface area contributed by atoms with Crippen molar-refractivity contribution in [2.45, 2.75) is 25.7 Å². The fraction of sp³-hybridized carbons (Fsp3) is 0.286. The number of benzene rings is 2. The molecular formula is C21H22N2O.